The molecule has 0 aromatic carbocycles. The van der Waals surface area contributed by atoms with Crippen LogP contribution >= 0.6 is 0 Å². The second-order valence-electron chi connectivity index (χ2n) is 6.25. The smallest absolute Gasteiger partial charge is 0.330 e. The molecular weight excluding hydrogens is 276 g/mol. The van der Waals surface area contributed by atoms with Gasteiger partial charge in [0.1, 0.15) is 0 Å². The molecule has 1 fully saturated rings. The summed E-state index contributed by atoms with van der Waals surface area (Å²) in [4.78, 5) is 11.3. The molecule has 0 aliphatic carbocycles. The summed E-state index contributed by atoms with van der Waals surface area (Å²) in [5, 5.41) is 0. The van der Waals surface area contributed by atoms with E-state index in [1.54, 1.807) is 6.08 Å². The number of rotatable bonds is 10. The molecule has 1 aliphatic heterocycles. The van der Waals surface area contributed by atoms with Crippen LogP contribution in [0.25, 0.3) is 0 Å². The van der Waals surface area contributed by atoms with Crippen molar-refractivity contribution in [1.82, 2.24) is 0 Å². The zero-order valence-electron chi connectivity index (χ0n) is 14.9. The Hall–Kier alpha value is -1.09. The van der Waals surface area contributed by atoms with Crippen molar-refractivity contribution in [2.45, 2.75) is 84.3 Å². The molecule has 22 heavy (non-hydrogen) atoms. The Labute approximate surface area is 135 Å². The summed E-state index contributed by atoms with van der Waals surface area (Å²) in [7, 11) is 1.42. The van der Waals surface area contributed by atoms with Crippen molar-refractivity contribution in [2.24, 2.45) is 0 Å². The van der Waals surface area contributed by atoms with E-state index in [0.717, 1.165) is 50.5 Å². The number of methoxy groups -OCH3 is 1. The Bertz CT molecular complexity index is 422. The van der Waals surface area contributed by atoms with Crippen molar-refractivity contribution in [3.05, 3.63) is 23.3 Å². The number of esters is 1. The van der Waals surface area contributed by atoms with Gasteiger partial charge in [-0.3, -0.25) is 0 Å². The summed E-state index contributed by atoms with van der Waals surface area (Å²) in [6.45, 7) is 8.69. The average Bonchev–Trinajstić information content (AvgIpc) is 3.20. The van der Waals surface area contributed by atoms with Gasteiger partial charge < -0.3 is 9.47 Å². The van der Waals surface area contributed by atoms with E-state index < -0.39 is 0 Å². The second kappa shape index (κ2) is 9.14. The van der Waals surface area contributed by atoms with Gasteiger partial charge in [0.25, 0.3) is 0 Å². The highest BCUT2D eigenvalue weighted by atomic mass is 16.6. The summed E-state index contributed by atoms with van der Waals surface area (Å²) in [6, 6.07) is 0. The van der Waals surface area contributed by atoms with Gasteiger partial charge in [-0.25, -0.2) is 4.79 Å². The molecule has 1 rings (SSSR count). The molecule has 0 radical (unpaired) electrons. The van der Waals surface area contributed by atoms with Gasteiger partial charge in [0.2, 0.25) is 0 Å². The Morgan fingerprint density at radius 1 is 1.18 bits per heavy atom. The first-order valence-electron chi connectivity index (χ1n) is 8.62. The molecule has 0 amide bonds. The Morgan fingerprint density at radius 3 is 2.36 bits per heavy atom. The largest absolute Gasteiger partial charge is 0.466 e. The van der Waals surface area contributed by atoms with Crippen LogP contribution in [-0.4, -0.2) is 24.8 Å². The molecule has 1 heterocycles. The topological polar surface area (TPSA) is 38.8 Å². The normalized spacial score (nSPS) is 25.2. The summed E-state index contributed by atoms with van der Waals surface area (Å²) < 4.78 is 10.5. The van der Waals surface area contributed by atoms with Crippen molar-refractivity contribution in [1.29, 1.82) is 0 Å². The lowest BCUT2D eigenvalue weighted by atomic mass is 9.97. The van der Waals surface area contributed by atoms with Crippen LogP contribution in [0.5, 0.6) is 0 Å². The van der Waals surface area contributed by atoms with Gasteiger partial charge >= 0.3 is 5.97 Å². The number of hydrogen-bond acceptors (Lipinski definition) is 3. The standard InChI is InChI=1S/C19H32O3/c1-6-15(12-13-17-19(4,8-3)22-17)10-9-11-16(7-2)14-18(20)21-5/h10,14,17H,6-9,11-13H2,1-5H3. The molecule has 0 aromatic heterocycles. The zero-order chi connectivity index (χ0) is 16.6. The molecule has 1 saturated heterocycles. The third-order valence-electron chi connectivity index (χ3n) is 4.79. The minimum absolute atomic E-state index is 0.136. The maximum atomic E-state index is 11.3. The highest BCUT2D eigenvalue weighted by Gasteiger charge is 2.49. The van der Waals surface area contributed by atoms with Gasteiger partial charge in [-0.15, -0.1) is 0 Å². The number of hydrogen-bond donors (Lipinski definition) is 0. The first-order valence-corrected chi connectivity index (χ1v) is 8.62. The van der Waals surface area contributed by atoms with Crippen LogP contribution in [0.1, 0.15) is 72.6 Å². The molecule has 0 bridgehead atoms. The van der Waals surface area contributed by atoms with E-state index in [4.69, 9.17) is 4.74 Å². The molecule has 0 saturated carbocycles. The van der Waals surface area contributed by atoms with E-state index in [-0.39, 0.29) is 11.6 Å². The predicted molar refractivity (Wildman–Crippen MR) is 90.8 cm³/mol. The van der Waals surface area contributed by atoms with E-state index in [9.17, 15) is 4.79 Å². The van der Waals surface area contributed by atoms with E-state index in [1.165, 1.54) is 12.7 Å². The van der Waals surface area contributed by atoms with Crippen LogP contribution in [0.2, 0.25) is 0 Å². The Kier molecular flexibility index (Phi) is 7.88. The molecule has 0 spiro atoms. The number of allylic oxidation sites excluding steroid dienone is 3. The van der Waals surface area contributed by atoms with Crippen LogP contribution < -0.4 is 0 Å². The van der Waals surface area contributed by atoms with E-state index in [0.29, 0.717) is 6.10 Å². The predicted octanol–water partition coefficient (Wildman–Crippen LogP) is 4.96. The molecule has 126 valence electrons. The first-order chi connectivity index (χ1) is 10.5. The number of carbonyl (C=O) groups is 1. The fourth-order valence-corrected chi connectivity index (χ4v) is 2.74. The summed E-state index contributed by atoms with van der Waals surface area (Å²) in [5.74, 6) is -0.249. The van der Waals surface area contributed by atoms with Crippen LogP contribution in [-0.2, 0) is 14.3 Å². The summed E-state index contributed by atoms with van der Waals surface area (Å²) >= 11 is 0. The fraction of sp³-hybridized carbons (Fsp3) is 0.737. The maximum Gasteiger partial charge on any atom is 0.330 e. The number of ether oxygens (including phenoxy) is 2. The third-order valence-corrected chi connectivity index (χ3v) is 4.79. The lowest BCUT2D eigenvalue weighted by Gasteiger charge is -2.06. The minimum atomic E-state index is -0.249. The molecule has 3 heteroatoms. The molecule has 0 aromatic rings. The molecule has 2 atom stereocenters. The van der Waals surface area contributed by atoms with Crippen molar-refractivity contribution in [2.75, 3.05) is 7.11 Å². The number of carbonyl (C=O) groups excluding carboxylic acids is 1. The SMILES string of the molecule is CCC(=CC(=O)OC)CCC=C(CC)CCC1OC1(C)CC. The highest BCUT2D eigenvalue weighted by molar-refractivity contribution is 5.82. The van der Waals surface area contributed by atoms with Crippen molar-refractivity contribution < 1.29 is 14.3 Å². The van der Waals surface area contributed by atoms with E-state index in [1.807, 2.05) is 0 Å². The molecule has 0 N–H and O–H groups in total. The molecule has 1 aliphatic rings. The van der Waals surface area contributed by atoms with Crippen molar-refractivity contribution in [3.8, 4) is 0 Å². The van der Waals surface area contributed by atoms with Crippen LogP contribution in [0, 0.1) is 0 Å². The lowest BCUT2D eigenvalue weighted by molar-refractivity contribution is -0.134. The molecule has 3 nitrogen and oxygen atoms in total. The third kappa shape index (κ3) is 5.96. The lowest BCUT2D eigenvalue weighted by Crippen LogP contribution is -2.07. The quantitative estimate of drug-likeness (QED) is 0.248. The maximum absolute atomic E-state index is 11.3. The van der Waals surface area contributed by atoms with Crippen molar-refractivity contribution >= 4 is 5.97 Å². The van der Waals surface area contributed by atoms with Crippen molar-refractivity contribution in [3.63, 3.8) is 0 Å². The Balaban J connectivity index is 2.38. The molecule has 2 unspecified atom stereocenters. The summed E-state index contributed by atoms with van der Waals surface area (Å²) in [6.07, 6.45) is 11.7. The van der Waals surface area contributed by atoms with Gasteiger partial charge in [0.15, 0.2) is 0 Å². The fourth-order valence-electron chi connectivity index (χ4n) is 2.74. The van der Waals surface area contributed by atoms with Gasteiger partial charge in [-0.1, -0.05) is 38.0 Å². The number of epoxide rings is 1. The second-order valence-corrected chi connectivity index (χ2v) is 6.25. The Morgan fingerprint density at radius 2 is 1.86 bits per heavy atom. The minimum Gasteiger partial charge on any atom is -0.466 e. The molecular formula is C19H32O3. The van der Waals surface area contributed by atoms with Crippen LogP contribution in [0.4, 0.5) is 0 Å². The van der Waals surface area contributed by atoms with Gasteiger partial charge in [-0.2, -0.15) is 0 Å². The van der Waals surface area contributed by atoms with Crippen LogP contribution in [0.3, 0.4) is 0 Å². The first kappa shape index (κ1) is 19.0. The van der Waals surface area contributed by atoms with Crippen LogP contribution in [0.15, 0.2) is 23.3 Å². The van der Waals surface area contributed by atoms with Gasteiger partial charge in [0, 0.05) is 6.08 Å². The monoisotopic (exact) mass is 308 g/mol. The van der Waals surface area contributed by atoms with E-state index >= 15 is 0 Å². The highest BCUT2D eigenvalue weighted by Crippen LogP contribution is 2.42. The van der Waals surface area contributed by atoms with Gasteiger partial charge in [0.05, 0.1) is 18.8 Å². The summed E-state index contributed by atoms with van der Waals surface area (Å²) in [5.41, 5.74) is 2.79. The average molecular weight is 308 g/mol. The zero-order valence-corrected chi connectivity index (χ0v) is 14.9. The van der Waals surface area contributed by atoms with Gasteiger partial charge in [-0.05, 0) is 51.9 Å². The van der Waals surface area contributed by atoms with E-state index in [2.05, 4.69) is 38.5 Å².